The lowest BCUT2D eigenvalue weighted by molar-refractivity contribution is -0.127. The predicted octanol–water partition coefficient (Wildman–Crippen LogP) is 1.38. The first kappa shape index (κ1) is 17.3. The highest BCUT2D eigenvalue weighted by molar-refractivity contribution is 7.91. The van der Waals surface area contributed by atoms with Gasteiger partial charge in [-0.2, -0.15) is 4.31 Å². The summed E-state index contributed by atoms with van der Waals surface area (Å²) in [6.07, 6.45) is 0. The Labute approximate surface area is 140 Å². The summed E-state index contributed by atoms with van der Waals surface area (Å²) in [5.41, 5.74) is 0. The van der Waals surface area contributed by atoms with Crippen LogP contribution in [0.4, 0.5) is 0 Å². The molecule has 1 saturated heterocycles. The van der Waals surface area contributed by atoms with Crippen LogP contribution in [0, 0.1) is 0 Å². The number of thiophene rings is 1. The molecule has 1 N–H and O–H groups in total. The van der Waals surface area contributed by atoms with Crippen LogP contribution in [0.3, 0.4) is 0 Å². The Morgan fingerprint density at radius 1 is 1.36 bits per heavy atom. The van der Waals surface area contributed by atoms with Gasteiger partial charge in [0, 0.05) is 18.0 Å². The average molecular weight is 362 g/mol. The van der Waals surface area contributed by atoms with Gasteiger partial charge in [-0.05, 0) is 31.3 Å². The molecule has 0 aromatic carbocycles. The fourth-order valence-electron chi connectivity index (χ4n) is 2.24. The number of hydrogen-bond acceptors (Lipinski definition) is 5. The van der Waals surface area contributed by atoms with Crippen molar-refractivity contribution in [3.63, 3.8) is 0 Å². The highest BCUT2D eigenvalue weighted by Crippen LogP contribution is 2.26. The van der Waals surface area contributed by atoms with Crippen LogP contribution in [0.2, 0.25) is 0 Å². The van der Waals surface area contributed by atoms with E-state index < -0.39 is 10.0 Å². The van der Waals surface area contributed by atoms with E-state index in [-0.39, 0.29) is 11.9 Å². The lowest BCUT2D eigenvalue weighted by Gasteiger charge is -2.17. The summed E-state index contributed by atoms with van der Waals surface area (Å²) in [5.74, 6) is -0.0912. The van der Waals surface area contributed by atoms with Crippen molar-refractivity contribution in [1.82, 2.24) is 14.5 Å². The molecule has 1 aromatic rings. The Kier molecular flexibility index (Phi) is 5.21. The van der Waals surface area contributed by atoms with E-state index in [1.165, 1.54) is 20.5 Å². The molecule has 0 aliphatic carbocycles. The molecule has 1 aliphatic heterocycles. The molecule has 1 aromatic heterocycles. The molecule has 0 radical (unpaired) electrons. The molecule has 0 spiro atoms. The van der Waals surface area contributed by atoms with Crippen molar-refractivity contribution < 1.29 is 13.2 Å². The maximum absolute atomic E-state index is 12.4. The first-order valence-corrected chi connectivity index (χ1v) is 9.68. The Bertz CT molecular complexity index is 680. The molecule has 1 amide bonds. The summed E-state index contributed by atoms with van der Waals surface area (Å²) in [6, 6.07) is 3.00. The van der Waals surface area contributed by atoms with Gasteiger partial charge in [0.25, 0.3) is 15.9 Å². The van der Waals surface area contributed by atoms with E-state index in [9.17, 15) is 13.2 Å². The maximum atomic E-state index is 12.4. The molecule has 1 fully saturated rings. The van der Waals surface area contributed by atoms with Crippen LogP contribution in [0.25, 0.3) is 0 Å². The van der Waals surface area contributed by atoms with Crippen molar-refractivity contribution in [3.8, 4) is 0 Å². The van der Waals surface area contributed by atoms with Crippen molar-refractivity contribution in [2.45, 2.75) is 37.6 Å². The van der Waals surface area contributed by atoms with Gasteiger partial charge < -0.3 is 5.32 Å². The van der Waals surface area contributed by atoms with Gasteiger partial charge in [0.15, 0.2) is 5.11 Å². The number of carbonyl (C=O) groups is 1. The number of rotatable bonds is 6. The summed E-state index contributed by atoms with van der Waals surface area (Å²) in [7, 11) is -3.45. The highest BCUT2D eigenvalue weighted by Gasteiger charge is 2.32. The van der Waals surface area contributed by atoms with E-state index >= 15 is 0 Å². The van der Waals surface area contributed by atoms with E-state index in [4.69, 9.17) is 12.2 Å². The molecule has 0 unspecified atom stereocenters. The van der Waals surface area contributed by atoms with Crippen LogP contribution in [0.5, 0.6) is 0 Å². The molecule has 2 rings (SSSR count). The van der Waals surface area contributed by atoms with Gasteiger partial charge in [-0.15, -0.1) is 11.3 Å². The molecule has 2 heterocycles. The van der Waals surface area contributed by atoms with E-state index in [2.05, 4.69) is 5.32 Å². The fourth-order valence-corrected chi connectivity index (χ4v) is 5.53. The number of nitrogens with zero attached hydrogens (tertiary/aromatic N) is 2. The van der Waals surface area contributed by atoms with Crippen LogP contribution >= 0.6 is 23.6 Å². The first-order chi connectivity index (χ1) is 10.3. The monoisotopic (exact) mass is 361 g/mol. The molecule has 22 heavy (non-hydrogen) atoms. The Hall–Kier alpha value is -1.03. The Morgan fingerprint density at radius 2 is 2.00 bits per heavy atom. The second kappa shape index (κ2) is 6.61. The van der Waals surface area contributed by atoms with Crippen LogP contribution in [0.1, 0.15) is 25.6 Å². The second-order valence-corrected chi connectivity index (χ2v) is 8.63. The number of hydrogen-bond donors (Lipinski definition) is 1. The molecular weight excluding hydrogens is 342 g/mol. The fraction of sp³-hybridized carbons (Fsp3) is 0.538. The number of carbonyl (C=O) groups excluding carboxylic acids is 1. The van der Waals surface area contributed by atoms with Crippen molar-refractivity contribution in [2.75, 3.05) is 13.1 Å². The first-order valence-electron chi connectivity index (χ1n) is 7.02. The third-order valence-electron chi connectivity index (χ3n) is 3.47. The SMILES string of the molecule is CCN(CC)S(=O)(=O)c1ccc(CN2C(=O)[C@@H](C)NC2=S)s1. The third-order valence-corrected chi connectivity index (χ3v) is 7.40. The minimum atomic E-state index is -3.45. The third kappa shape index (κ3) is 3.17. The van der Waals surface area contributed by atoms with Crippen LogP contribution in [0.15, 0.2) is 16.3 Å². The molecule has 0 bridgehead atoms. The quantitative estimate of drug-likeness (QED) is 0.776. The molecule has 9 heteroatoms. The highest BCUT2D eigenvalue weighted by atomic mass is 32.2. The summed E-state index contributed by atoms with van der Waals surface area (Å²) in [6.45, 7) is 6.53. The Morgan fingerprint density at radius 3 is 2.50 bits per heavy atom. The number of thiocarbonyl (C=S) groups is 1. The number of amides is 1. The van der Waals surface area contributed by atoms with Gasteiger partial charge in [0.1, 0.15) is 10.3 Å². The van der Waals surface area contributed by atoms with Gasteiger partial charge in [0.2, 0.25) is 0 Å². The molecule has 122 valence electrons. The van der Waals surface area contributed by atoms with Crippen molar-refractivity contribution >= 4 is 44.6 Å². The second-order valence-electron chi connectivity index (χ2n) is 4.91. The molecule has 6 nitrogen and oxygen atoms in total. The maximum Gasteiger partial charge on any atom is 0.252 e. The number of sulfonamides is 1. The lowest BCUT2D eigenvalue weighted by atomic mass is 10.3. The Balaban J connectivity index is 2.19. The zero-order valence-electron chi connectivity index (χ0n) is 12.7. The van der Waals surface area contributed by atoms with Crippen LogP contribution in [-0.2, 0) is 21.4 Å². The van der Waals surface area contributed by atoms with E-state index in [1.54, 1.807) is 19.1 Å². The van der Waals surface area contributed by atoms with Crippen molar-refractivity contribution in [2.24, 2.45) is 0 Å². The van der Waals surface area contributed by atoms with E-state index in [1.807, 2.05) is 13.8 Å². The average Bonchev–Trinajstić information content (AvgIpc) is 3.02. The van der Waals surface area contributed by atoms with Gasteiger partial charge in [0.05, 0.1) is 6.54 Å². The van der Waals surface area contributed by atoms with Gasteiger partial charge >= 0.3 is 0 Å². The van der Waals surface area contributed by atoms with E-state index in [0.29, 0.717) is 29.0 Å². The molecule has 0 saturated carbocycles. The predicted molar refractivity (Wildman–Crippen MR) is 90.2 cm³/mol. The molecular formula is C13H19N3O3S3. The van der Waals surface area contributed by atoms with Crippen LogP contribution < -0.4 is 5.32 Å². The summed E-state index contributed by atoms with van der Waals surface area (Å²) in [5, 5.41) is 3.28. The zero-order valence-corrected chi connectivity index (χ0v) is 15.1. The summed E-state index contributed by atoms with van der Waals surface area (Å²) in [4.78, 5) is 14.2. The van der Waals surface area contributed by atoms with Gasteiger partial charge in [-0.1, -0.05) is 13.8 Å². The zero-order chi connectivity index (χ0) is 16.5. The topological polar surface area (TPSA) is 69.7 Å². The standard InChI is InChI=1S/C13H19N3O3S3/c1-4-15(5-2)22(18,19)11-7-6-10(21-11)8-16-12(17)9(3)14-13(16)20/h6-7,9H,4-5,8H2,1-3H3,(H,14,20)/t9-/m1/s1. The smallest absolute Gasteiger partial charge is 0.252 e. The lowest BCUT2D eigenvalue weighted by Crippen LogP contribution is -2.30. The van der Waals surface area contributed by atoms with Crippen molar-refractivity contribution in [3.05, 3.63) is 17.0 Å². The minimum Gasteiger partial charge on any atom is -0.351 e. The van der Waals surface area contributed by atoms with Crippen molar-refractivity contribution in [1.29, 1.82) is 0 Å². The molecule has 1 aliphatic rings. The normalized spacial score (nSPS) is 19.1. The van der Waals surface area contributed by atoms with Gasteiger partial charge in [-0.3, -0.25) is 9.69 Å². The minimum absolute atomic E-state index is 0.0912. The van der Waals surface area contributed by atoms with Gasteiger partial charge in [-0.25, -0.2) is 8.42 Å². The summed E-state index contributed by atoms with van der Waals surface area (Å²) < 4.78 is 26.6. The largest absolute Gasteiger partial charge is 0.351 e. The molecule has 1 atom stereocenters. The van der Waals surface area contributed by atoms with Crippen LogP contribution in [-0.4, -0.2) is 47.8 Å². The summed E-state index contributed by atoms with van der Waals surface area (Å²) >= 11 is 6.31. The number of nitrogens with one attached hydrogen (secondary N) is 1. The van der Waals surface area contributed by atoms with E-state index in [0.717, 1.165) is 4.88 Å².